The van der Waals surface area contributed by atoms with Gasteiger partial charge in [-0.15, -0.1) is 0 Å². The molecule has 0 aromatic carbocycles. The predicted molar refractivity (Wildman–Crippen MR) is 43.8 cm³/mol. The molecule has 58 valence electrons. The third-order valence-corrected chi connectivity index (χ3v) is 4.22. The van der Waals surface area contributed by atoms with E-state index in [1.54, 1.807) is 0 Å². The maximum atomic E-state index is 2.45. The van der Waals surface area contributed by atoms with Crippen molar-refractivity contribution in [3.8, 4) is 0 Å². The highest BCUT2D eigenvalue weighted by Crippen LogP contribution is 2.78. The average Bonchev–Trinajstić information content (AvgIpc) is 1.87. The molecule has 2 bridgehead atoms. The first-order valence-electron chi connectivity index (χ1n) is 4.63. The molecule has 3 aliphatic rings. The normalized spacial score (nSPS) is 57.3. The van der Waals surface area contributed by atoms with Gasteiger partial charge in [0.15, 0.2) is 0 Å². The van der Waals surface area contributed by atoms with Crippen LogP contribution in [0.2, 0.25) is 0 Å². The van der Waals surface area contributed by atoms with Crippen LogP contribution in [0.3, 0.4) is 0 Å². The van der Waals surface area contributed by atoms with E-state index in [9.17, 15) is 0 Å². The highest BCUT2D eigenvalue weighted by Gasteiger charge is 2.69. The number of rotatable bonds is 2. The highest BCUT2D eigenvalue weighted by molar-refractivity contribution is 5.18. The smallest absolute Gasteiger partial charge is 0.0256 e. The molecule has 3 aliphatic carbocycles. The monoisotopic (exact) mass is 138 g/mol. The lowest BCUT2D eigenvalue weighted by atomic mass is 9.29. The molecule has 1 unspecified atom stereocenters. The summed E-state index contributed by atoms with van der Waals surface area (Å²) in [5.74, 6) is 1.04. The minimum Gasteiger partial charge on any atom is -0.0654 e. The van der Waals surface area contributed by atoms with Gasteiger partial charge in [0.2, 0.25) is 0 Å². The zero-order valence-corrected chi connectivity index (χ0v) is 7.41. The minimum absolute atomic E-state index is 0.787. The van der Waals surface area contributed by atoms with Crippen LogP contribution in [0.5, 0.6) is 0 Å². The maximum Gasteiger partial charge on any atom is -0.0256 e. The molecule has 0 N–H and O–H groups in total. The second-order valence-electron chi connectivity index (χ2n) is 4.84. The van der Waals surface area contributed by atoms with E-state index in [1.807, 2.05) is 0 Å². The van der Waals surface area contributed by atoms with Crippen molar-refractivity contribution in [1.29, 1.82) is 0 Å². The third-order valence-electron chi connectivity index (χ3n) is 4.22. The molecule has 10 heavy (non-hydrogen) atoms. The van der Waals surface area contributed by atoms with E-state index >= 15 is 0 Å². The number of hydrogen-bond donors (Lipinski definition) is 0. The zero-order chi connectivity index (χ0) is 7.41. The Balaban J connectivity index is 2.00. The summed E-state index contributed by atoms with van der Waals surface area (Å²) >= 11 is 0. The van der Waals surface area contributed by atoms with Crippen molar-refractivity contribution in [2.75, 3.05) is 0 Å². The summed E-state index contributed by atoms with van der Waals surface area (Å²) in [7, 11) is 0. The summed E-state index contributed by atoms with van der Waals surface area (Å²) < 4.78 is 0. The van der Waals surface area contributed by atoms with E-state index in [4.69, 9.17) is 0 Å². The molecule has 0 nitrogen and oxygen atoms in total. The second-order valence-corrected chi connectivity index (χ2v) is 4.84. The molecule has 3 saturated carbocycles. The lowest BCUT2D eigenvalue weighted by Gasteiger charge is -2.75. The fraction of sp³-hybridized carbons (Fsp3) is 1.00. The lowest BCUT2D eigenvalue weighted by molar-refractivity contribution is -0.262. The molecule has 0 radical (unpaired) electrons. The summed E-state index contributed by atoms with van der Waals surface area (Å²) in [4.78, 5) is 0. The molecule has 0 aromatic heterocycles. The Morgan fingerprint density at radius 2 is 2.00 bits per heavy atom. The highest BCUT2D eigenvalue weighted by atomic mass is 14.7. The molecule has 0 heterocycles. The van der Waals surface area contributed by atoms with Crippen LogP contribution in [0.4, 0.5) is 0 Å². The van der Waals surface area contributed by atoms with Gasteiger partial charge in [-0.3, -0.25) is 0 Å². The fourth-order valence-electron chi connectivity index (χ4n) is 3.54. The molecule has 1 atom stereocenters. The molecular weight excluding hydrogens is 120 g/mol. The van der Waals surface area contributed by atoms with Gasteiger partial charge in [-0.25, -0.2) is 0 Å². The molecule has 0 saturated heterocycles. The van der Waals surface area contributed by atoms with E-state index in [1.165, 1.54) is 25.7 Å². The van der Waals surface area contributed by atoms with Gasteiger partial charge in [-0.05, 0) is 36.0 Å². The van der Waals surface area contributed by atoms with Crippen LogP contribution in [-0.2, 0) is 0 Å². The molecule has 0 aliphatic heterocycles. The Kier molecular flexibility index (Phi) is 1.07. The van der Waals surface area contributed by atoms with Gasteiger partial charge in [0.1, 0.15) is 0 Å². The Labute approximate surface area is 64.0 Å². The van der Waals surface area contributed by atoms with Crippen molar-refractivity contribution in [3.63, 3.8) is 0 Å². The first kappa shape index (κ1) is 6.69. The molecule has 3 rings (SSSR count). The van der Waals surface area contributed by atoms with Crippen LogP contribution in [-0.4, -0.2) is 0 Å². The second kappa shape index (κ2) is 1.60. The fourth-order valence-corrected chi connectivity index (χ4v) is 3.54. The van der Waals surface area contributed by atoms with Crippen LogP contribution >= 0.6 is 0 Å². The van der Waals surface area contributed by atoms with E-state index in [0.717, 1.165) is 16.7 Å². The Morgan fingerprint density at radius 1 is 1.40 bits per heavy atom. The summed E-state index contributed by atoms with van der Waals surface area (Å²) in [6, 6.07) is 0. The molecule has 0 amide bonds. The Morgan fingerprint density at radius 3 is 2.30 bits per heavy atom. The molecular formula is C10H18. The van der Waals surface area contributed by atoms with Crippen molar-refractivity contribution >= 4 is 0 Å². The van der Waals surface area contributed by atoms with Gasteiger partial charge >= 0.3 is 0 Å². The molecule has 0 heteroatoms. The summed E-state index contributed by atoms with van der Waals surface area (Å²) in [5, 5.41) is 0. The van der Waals surface area contributed by atoms with E-state index in [2.05, 4.69) is 20.8 Å². The van der Waals surface area contributed by atoms with Crippen LogP contribution in [0.15, 0.2) is 0 Å². The summed E-state index contributed by atoms with van der Waals surface area (Å²) in [6.07, 6.45) is 5.95. The number of hydrogen-bond acceptors (Lipinski definition) is 0. The van der Waals surface area contributed by atoms with Crippen molar-refractivity contribution < 1.29 is 0 Å². The van der Waals surface area contributed by atoms with Crippen molar-refractivity contribution in [2.45, 2.75) is 46.5 Å². The van der Waals surface area contributed by atoms with Gasteiger partial charge in [0.25, 0.3) is 0 Å². The summed E-state index contributed by atoms with van der Waals surface area (Å²) in [5.41, 5.74) is 1.62. The van der Waals surface area contributed by atoms with Crippen LogP contribution in [0.1, 0.15) is 46.5 Å². The van der Waals surface area contributed by atoms with Crippen LogP contribution in [0, 0.1) is 16.7 Å². The van der Waals surface area contributed by atoms with Crippen LogP contribution < -0.4 is 0 Å². The maximum absolute atomic E-state index is 2.45. The molecule has 3 fully saturated rings. The van der Waals surface area contributed by atoms with Crippen molar-refractivity contribution in [1.82, 2.24) is 0 Å². The topological polar surface area (TPSA) is 0 Å². The van der Waals surface area contributed by atoms with Crippen molar-refractivity contribution in [3.05, 3.63) is 0 Å². The van der Waals surface area contributed by atoms with Crippen molar-refractivity contribution in [2.24, 2.45) is 16.7 Å². The van der Waals surface area contributed by atoms with Gasteiger partial charge in [-0.2, -0.15) is 0 Å². The summed E-state index contributed by atoms with van der Waals surface area (Å²) in [6.45, 7) is 7.22. The van der Waals surface area contributed by atoms with E-state index in [-0.39, 0.29) is 0 Å². The molecule has 0 spiro atoms. The standard InChI is InChI=1S/C10H18/c1-4-5-10-6-9(3,7-10)8(10)2/h8H,4-7H2,1-3H3. The first-order chi connectivity index (χ1) is 4.63. The quantitative estimate of drug-likeness (QED) is 0.549. The van der Waals surface area contributed by atoms with Gasteiger partial charge in [0.05, 0.1) is 0 Å². The average molecular weight is 138 g/mol. The predicted octanol–water partition coefficient (Wildman–Crippen LogP) is 3.22. The Hall–Kier alpha value is 0. The van der Waals surface area contributed by atoms with Crippen LogP contribution in [0.25, 0.3) is 0 Å². The van der Waals surface area contributed by atoms with Gasteiger partial charge in [-0.1, -0.05) is 27.2 Å². The zero-order valence-electron chi connectivity index (χ0n) is 7.41. The first-order valence-corrected chi connectivity index (χ1v) is 4.63. The van der Waals surface area contributed by atoms with Gasteiger partial charge < -0.3 is 0 Å². The SMILES string of the molecule is CCCC12CC(C)(C1)C2C. The van der Waals surface area contributed by atoms with E-state index < -0.39 is 0 Å². The lowest BCUT2D eigenvalue weighted by Crippen LogP contribution is -2.67. The van der Waals surface area contributed by atoms with Gasteiger partial charge in [0, 0.05) is 0 Å². The molecule has 0 aromatic rings. The Bertz CT molecular complexity index is 146. The minimum atomic E-state index is 0.787. The van der Waals surface area contributed by atoms with E-state index in [0.29, 0.717) is 0 Å². The largest absolute Gasteiger partial charge is 0.0654 e. The third kappa shape index (κ3) is 0.500.